The molecular weight excluding hydrogens is 296 g/mol. The Morgan fingerprint density at radius 3 is 1.82 bits per heavy atom. The van der Waals surface area contributed by atoms with Crippen LogP contribution >= 0.6 is 27.8 Å². The van der Waals surface area contributed by atoms with E-state index in [1.165, 1.54) is 0 Å². The number of carboxylic acid groups (broad SMARTS) is 1. The van der Waals surface area contributed by atoms with Crippen LogP contribution in [0.15, 0.2) is 0 Å². The van der Waals surface area contributed by atoms with E-state index in [0.29, 0.717) is 0 Å². The predicted octanol–water partition coefficient (Wildman–Crippen LogP) is -1.36. The molecule has 0 aromatic rings. The van der Waals surface area contributed by atoms with Gasteiger partial charge in [0.15, 0.2) is 5.40 Å². The minimum Gasteiger partial charge on any atom is -0.480 e. The summed E-state index contributed by atoms with van der Waals surface area (Å²) < 4.78 is 21.7. The number of aliphatic carboxylic acids is 1. The minimum atomic E-state index is -5.04. The molecule has 0 spiro atoms. The lowest BCUT2D eigenvalue weighted by Gasteiger charge is -2.21. The Bertz CT molecular complexity index is 341. The molecule has 0 bridgehead atoms. The van der Waals surface area contributed by atoms with Crippen molar-refractivity contribution in [1.29, 1.82) is 0 Å². The van der Waals surface area contributed by atoms with E-state index in [0.717, 1.165) is 0 Å². The molecule has 0 amide bonds. The van der Waals surface area contributed by atoms with Gasteiger partial charge in [0, 0.05) is 12.3 Å². The molecule has 0 aromatic heterocycles. The quantitative estimate of drug-likeness (QED) is 0.222. The van der Waals surface area contributed by atoms with Crippen LogP contribution in [0, 0.1) is 0 Å². The predicted molar refractivity (Wildman–Crippen MR) is 61.2 cm³/mol. The van der Waals surface area contributed by atoms with Crippen LogP contribution in [0.5, 0.6) is 0 Å². The lowest BCUT2D eigenvalue weighted by atomic mass is 10.3. The second kappa shape index (κ2) is 6.31. The second-order valence-corrected chi connectivity index (χ2v) is 7.52. The highest BCUT2D eigenvalue weighted by Gasteiger charge is 2.43. The third-order valence-electron chi connectivity index (χ3n) is 1.80. The van der Waals surface area contributed by atoms with Crippen molar-refractivity contribution < 1.29 is 38.6 Å². The first-order valence-corrected chi connectivity index (χ1v) is 8.17. The standard InChI is InChI=1S/C5H13NO8P2S/c7-5(8)3(2-17)6-1-4(15(9,10)11)16(12,13)14/h3-4,6,17H,1-2H2,(H,7,8)(H2,9,10,11)(H2,12,13,14). The van der Waals surface area contributed by atoms with Gasteiger partial charge in [-0.1, -0.05) is 0 Å². The molecular formula is C5H13NO8P2S. The molecule has 0 aromatic carbocycles. The number of thiol groups is 1. The molecule has 17 heavy (non-hydrogen) atoms. The first kappa shape index (κ1) is 17.1. The van der Waals surface area contributed by atoms with Gasteiger partial charge in [-0.2, -0.15) is 12.6 Å². The average Bonchev–Trinajstić information content (AvgIpc) is 2.07. The summed E-state index contributed by atoms with van der Waals surface area (Å²) in [6.07, 6.45) is 0. The summed E-state index contributed by atoms with van der Waals surface area (Å²) in [7, 11) is -10.1. The normalized spacial score (nSPS) is 14.9. The molecule has 9 nitrogen and oxygen atoms in total. The van der Waals surface area contributed by atoms with E-state index >= 15 is 0 Å². The molecule has 1 atom stereocenters. The maximum absolute atomic E-state index is 10.8. The zero-order chi connectivity index (χ0) is 13.9. The molecule has 0 aliphatic rings. The molecule has 6 N–H and O–H groups in total. The molecule has 0 radical (unpaired) electrons. The minimum absolute atomic E-state index is 0.190. The van der Waals surface area contributed by atoms with Crippen LogP contribution in [0.1, 0.15) is 0 Å². The maximum Gasteiger partial charge on any atom is 0.342 e. The first-order chi connectivity index (χ1) is 7.50. The Morgan fingerprint density at radius 1 is 1.18 bits per heavy atom. The van der Waals surface area contributed by atoms with Crippen LogP contribution in [0.2, 0.25) is 0 Å². The van der Waals surface area contributed by atoms with Crippen molar-refractivity contribution in [2.75, 3.05) is 12.3 Å². The van der Waals surface area contributed by atoms with Gasteiger partial charge >= 0.3 is 21.2 Å². The van der Waals surface area contributed by atoms with E-state index in [4.69, 9.17) is 24.7 Å². The van der Waals surface area contributed by atoms with Gasteiger partial charge in [-0.3, -0.25) is 13.9 Å². The van der Waals surface area contributed by atoms with Gasteiger partial charge in [-0.05, 0) is 0 Å². The maximum atomic E-state index is 10.8. The van der Waals surface area contributed by atoms with Crippen molar-refractivity contribution in [3.8, 4) is 0 Å². The number of nitrogens with one attached hydrogen (secondary N) is 1. The van der Waals surface area contributed by atoms with Gasteiger partial charge in [-0.25, -0.2) is 0 Å². The summed E-state index contributed by atoms with van der Waals surface area (Å²) >= 11 is 3.67. The van der Waals surface area contributed by atoms with Gasteiger partial charge in [0.2, 0.25) is 0 Å². The molecule has 0 aliphatic heterocycles. The van der Waals surface area contributed by atoms with Crippen molar-refractivity contribution in [3.05, 3.63) is 0 Å². The molecule has 0 fully saturated rings. The van der Waals surface area contributed by atoms with Gasteiger partial charge in [0.05, 0.1) is 0 Å². The first-order valence-electron chi connectivity index (χ1n) is 4.17. The van der Waals surface area contributed by atoms with Gasteiger partial charge in [0.25, 0.3) is 0 Å². The molecule has 0 heterocycles. The largest absolute Gasteiger partial charge is 0.480 e. The van der Waals surface area contributed by atoms with Crippen molar-refractivity contribution >= 4 is 33.8 Å². The lowest BCUT2D eigenvalue weighted by Crippen LogP contribution is -2.42. The van der Waals surface area contributed by atoms with Crippen molar-refractivity contribution in [2.45, 2.75) is 11.4 Å². The van der Waals surface area contributed by atoms with Crippen molar-refractivity contribution in [3.63, 3.8) is 0 Å². The zero-order valence-electron chi connectivity index (χ0n) is 8.37. The fraction of sp³-hybridized carbons (Fsp3) is 0.800. The van der Waals surface area contributed by atoms with E-state index in [9.17, 15) is 13.9 Å². The summed E-state index contributed by atoms with van der Waals surface area (Å²) in [5.74, 6) is -1.53. The lowest BCUT2D eigenvalue weighted by molar-refractivity contribution is -0.138. The molecule has 1 unspecified atom stereocenters. The summed E-state index contributed by atoms with van der Waals surface area (Å²) in [5.41, 5.74) is 0. The smallest absolute Gasteiger partial charge is 0.342 e. The van der Waals surface area contributed by atoms with E-state index in [1.54, 1.807) is 0 Å². The highest BCUT2D eigenvalue weighted by molar-refractivity contribution is 7.80. The van der Waals surface area contributed by atoms with Gasteiger partial charge in [-0.15, -0.1) is 0 Å². The van der Waals surface area contributed by atoms with Gasteiger partial charge in [0.1, 0.15) is 6.04 Å². The van der Waals surface area contributed by atoms with E-state index in [1.807, 2.05) is 0 Å². The van der Waals surface area contributed by atoms with Crippen LogP contribution in [0.4, 0.5) is 0 Å². The molecule has 0 aliphatic carbocycles. The summed E-state index contributed by atoms with van der Waals surface area (Å²) in [4.78, 5) is 45.5. The SMILES string of the molecule is O=C(O)C(CS)NCC(P(=O)(O)O)P(=O)(O)O. The average molecular weight is 309 g/mol. The highest BCUT2D eigenvalue weighted by atomic mass is 32.1. The summed E-state index contributed by atoms with van der Waals surface area (Å²) in [6, 6.07) is -1.25. The Morgan fingerprint density at radius 2 is 1.59 bits per heavy atom. The Labute approximate surface area is 102 Å². The molecule has 12 heteroatoms. The molecule has 0 rings (SSSR count). The van der Waals surface area contributed by atoms with Crippen LogP contribution in [-0.2, 0) is 13.9 Å². The van der Waals surface area contributed by atoms with E-state index in [-0.39, 0.29) is 5.75 Å². The molecule has 102 valence electrons. The van der Waals surface area contributed by atoms with E-state index < -0.39 is 39.1 Å². The van der Waals surface area contributed by atoms with Crippen LogP contribution in [0.3, 0.4) is 0 Å². The summed E-state index contributed by atoms with van der Waals surface area (Å²) in [5, 5.41) is 8.45. The molecule has 0 saturated heterocycles. The molecule has 0 saturated carbocycles. The summed E-state index contributed by atoms with van der Waals surface area (Å²) in [6.45, 7) is -0.827. The number of carboxylic acids is 1. The number of hydrogen-bond donors (Lipinski definition) is 7. The van der Waals surface area contributed by atoms with E-state index in [2.05, 4.69) is 17.9 Å². The second-order valence-electron chi connectivity index (χ2n) is 3.14. The number of rotatable bonds is 7. The van der Waals surface area contributed by atoms with Crippen LogP contribution < -0.4 is 5.32 Å². The third kappa shape index (κ3) is 5.98. The van der Waals surface area contributed by atoms with Crippen molar-refractivity contribution in [2.24, 2.45) is 0 Å². The monoisotopic (exact) mass is 309 g/mol. The Balaban J connectivity index is 4.76. The fourth-order valence-electron chi connectivity index (χ4n) is 0.911. The zero-order valence-corrected chi connectivity index (χ0v) is 11.1. The fourth-order valence-corrected chi connectivity index (χ4v) is 3.45. The van der Waals surface area contributed by atoms with Crippen molar-refractivity contribution in [1.82, 2.24) is 5.32 Å². The highest BCUT2D eigenvalue weighted by Crippen LogP contribution is 2.59. The van der Waals surface area contributed by atoms with Gasteiger partial charge < -0.3 is 30.0 Å². The topological polar surface area (TPSA) is 164 Å². The third-order valence-corrected chi connectivity index (χ3v) is 5.89. The Hall–Kier alpha value is 0.0800. The number of hydrogen-bond acceptors (Lipinski definition) is 5. The van der Waals surface area contributed by atoms with Crippen LogP contribution in [0.25, 0.3) is 0 Å². The van der Waals surface area contributed by atoms with Crippen LogP contribution in [-0.4, -0.2) is 54.4 Å². The number of carbonyl (C=O) groups is 1. The Kier molecular flexibility index (Phi) is 6.34.